The Morgan fingerprint density at radius 1 is 0.917 bits per heavy atom. The Labute approximate surface area is 220 Å². The van der Waals surface area contributed by atoms with Gasteiger partial charge in [0.25, 0.3) is 5.91 Å². The van der Waals surface area contributed by atoms with Crippen molar-refractivity contribution in [1.82, 2.24) is 14.7 Å². The van der Waals surface area contributed by atoms with Crippen LogP contribution in [0.2, 0.25) is 0 Å². The zero-order valence-electron chi connectivity index (χ0n) is 20.6. The van der Waals surface area contributed by atoms with Gasteiger partial charge in [0.05, 0.1) is 11.4 Å². The molecular formula is C29H29BrN4O2. The van der Waals surface area contributed by atoms with Gasteiger partial charge >= 0.3 is 0 Å². The highest BCUT2D eigenvalue weighted by molar-refractivity contribution is 9.10. The third-order valence-corrected chi connectivity index (χ3v) is 6.15. The average Bonchev–Trinajstić information content (AvgIpc) is 3.28. The SMILES string of the molecule is CC(C)(C)c1cc(NC(=O)CN(Cc2ccccc2)C(=O)c2cccc(Br)c2)n(-c2ccccc2)n1. The number of aromatic nitrogens is 2. The molecular weight excluding hydrogens is 516 g/mol. The van der Waals surface area contributed by atoms with Gasteiger partial charge in [0, 0.05) is 28.1 Å². The van der Waals surface area contributed by atoms with Crippen LogP contribution in [0.15, 0.2) is 95.5 Å². The van der Waals surface area contributed by atoms with Gasteiger partial charge in [-0.3, -0.25) is 9.59 Å². The lowest BCUT2D eigenvalue weighted by molar-refractivity contribution is -0.117. The van der Waals surface area contributed by atoms with Crippen LogP contribution < -0.4 is 5.32 Å². The van der Waals surface area contributed by atoms with E-state index in [0.29, 0.717) is 17.9 Å². The molecule has 0 saturated heterocycles. The predicted molar refractivity (Wildman–Crippen MR) is 146 cm³/mol. The van der Waals surface area contributed by atoms with E-state index in [4.69, 9.17) is 5.10 Å². The molecule has 0 unspecified atom stereocenters. The number of para-hydroxylation sites is 1. The molecule has 4 aromatic rings. The molecule has 6 nitrogen and oxygen atoms in total. The van der Waals surface area contributed by atoms with E-state index in [2.05, 4.69) is 42.0 Å². The molecule has 1 N–H and O–H groups in total. The molecule has 0 fully saturated rings. The lowest BCUT2D eigenvalue weighted by Gasteiger charge is -2.23. The van der Waals surface area contributed by atoms with Crippen molar-refractivity contribution in [3.63, 3.8) is 0 Å². The molecule has 2 amide bonds. The van der Waals surface area contributed by atoms with Gasteiger partial charge in [0.1, 0.15) is 12.4 Å². The van der Waals surface area contributed by atoms with Crippen LogP contribution in [0.25, 0.3) is 5.69 Å². The molecule has 36 heavy (non-hydrogen) atoms. The van der Waals surface area contributed by atoms with Crippen molar-refractivity contribution in [1.29, 1.82) is 0 Å². The van der Waals surface area contributed by atoms with Crippen LogP contribution in [0.5, 0.6) is 0 Å². The summed E-state index contributed by atoms with van der Waals surface area (Å²) in [6.45, 7) is 6.44. The standard InChI is InChI=1S/C29H29BrN4O2/c1-29(2,3)25-18-26(34(32-25)24-15-8-5-9-16-24)31-27(35)20-33(19-21-11-6-4-7-12-21)28(36)22-13-10-14-23(30)17-22/h4-18H,19-20H2,1-3H3,(H,31,35). The first-order valence-corrected chi connectivity index (χ1v) is 12.5. The van der Waals surface area contributed by atoms with Crippen molar-refractivity contribution >= 4 is 33.6 Å². The summed E-state index contributed by atoms with van der Waals surface area (Å²) in [5, 5.41) is 7.75. The fraction of sp³-hybridized carbons (Fsp3) is 0.207. The maximum atomic E-state index is 13.4. The number of hydrogen-bond donors (Lipinski definition) is 1. The topological polar surface area (TPSA) is 67.2 Å². The molecule has 4 rings (SSSR count). The highest BCUT2D eigenvalue weighted by Crippen LogP contribution is 2.26. The zero-order chi connectivity index (χ0) is 25.7. The van der Waals surface area contributed by atoms with Crippen molar-refractivity contribution in [3.8, 4) is 5.69 Å². The normalized spacial score (nSPS) is 11.2. The van der Waals surface area contributed by atoms with Crippen molar-refractivity contribution in [2.24, 2.45) is 0 Å². The van der Waals surface area contributed by atoms with Crippen LogP contribution in [0.4, 0.5) is 5.82 Å². The minimum atomic E-state index is -0.299. The molecule has 0 bridgehead atoms. The Morgan fingerprint density at radius 2 is 1.58 bits per heavy atom. The van der Waals surface area contributed by atoms with Gasteiger partial charge in [0.15, 0.2) is 0 Å². The van der Waals surface area contributed by atoms with Gasteiger partial charge in [0.2, 0.25) is 5.91 Å². The maximum absolute atomic E-state index is 13.4. The number of anilines is 1. The van der Waals surface area contributed by atoms with Crippen LogP contribution >= 0.6 is 15.9 Å². The van der Waals surface area contributed by atoms with Crippen LogP contribution in [0, 0.1) is 0 Å². The highest BCUT2D eigenvalue weighted by atomic mass is 79.9. The zero-order valence-corrected chi connectivity index (χ0v) is 22.2. The van der Waals surface area contributed by atoms with E-state index in [1.54, 1.807) is 21.7 Å². The molecule has 0 radical (unpaired) electrons. The summed E-state index contributed by atoms with van der Waals surface area (Å²) in [7, 11) is 0. The molecule has 1 aromatic heterocycles. The van der Waals surface area contributed by atoms with Crippen LogP contribution in [0.3, 0.4) is 0 Å². The summed E-state index contributed by atoms with van der Waals surface area (Å²) in [5.41, 5.74) is 2.95. The number of amides is 2. The summed E-state index contributed by atoms with van der Waals surface area (Å²) in [4.78, 5) is 28.3. The number of nitrogens with zero attached hydrogens (tertiary/aromatic N) is 3. The van der Waals surface area contributed by atoms with Gasteiger partial charge in [-0.15, -0.1) is 0 Å². The number of rotatable bonds is 7. The van der Waals surface area contributed by atoms with E-state index in [1.165, 1.54) is 0 Å². The minimum Gasteiger partial charge on any atom is -0.325 e. The fourth-order valence-corrected chi connectivity index (χ4v) is 4.17. The van der Waals surface area contributed by atoms with E-state index in [-0.39, 0.29) is 23.8 Å². The van der Waals surface area contributed by atoms with Crippen molar-refractivity contribution < 1.29 is 9.59 Å². The van der Waals surface area contributed by atoms with Crippen molar-refractivity contribution in [2.45, 2.75) is 32.7 Å². The molecule has 7 heteroatoms. The Hall–Kier alpha value is -3.71. The largest absolute Gasteiger partial charge is 0.325 e. The lowest BCUT2D eigenvalue weighted by atomic mass is 9.92. The third kappa shape index (κ3) is 6.29. The Balaban J connectivity index is 1.61. The number of hydrogen-bond acceptors (Lipinski definition) is 3. The van der Waals surface area contributed by atoms with Crippen LogP contribution in [-0.4, -0.2) is 33.0 Å². The summed E-state index contributed by atoms with van der Waals surface area (Å²) in [5.74, 6) is 0.0414. The molecule has 0 aliphatic carbocycles. The van der Waals surface area contributed by atoms with Gasteiger partial charge in [-0.25, -0.2) is 4.68 Å². The second-order valence-electron chi connectivity index (χ2n) is 9.62. The number of nitrogens with one attached hydrogen (secondary N) is 1. The molecule has 1 heterocycles. The Morgan fingerprint density at radius 3 is 2.22 bits per heavy atom. The number of carbonyl (C=O) groups is 2. The lowest BCUT2D eigenvalue weighted by Crippen LogP contribution is -2.37. The van der Waals surface area contributed by atoms with E-state index >= 15 is 0 Å². The Kier molecular flexibility index (Phi) is 7.70. The molecule has 0 aliphatic heterocycles. The summed E-state index contributed by atoms with van der Waals surface area (Å²) in [6.07, 6.45) is 0. The van der Waals surface area contributed by atoms with E-state index in [0.717, 1.165) is 21.4 Å². The first-order chi connectivity index (χ1) is 17.2. The monoisotopic (exact) mass is 544 g/mol. The molecule has 0 saturated carbocycles. The van der Waals surface area contributed by atoms with E-state index in [1.807, 2.05) is 78.9 Å². The van der Waals surface area contributed by atoms with Gasteiger partial charge in [-0.1, -0.05) is 91.3 Å². The van der Waals surface area contributed by atoms with Crippen molar-refractivity contribution in [2.75, 3.05) is 11.9 Å². The second-order valence-corrected chi connectivity index (χ2v) is 10.5. The summed E-state index contributed by atoms with van der Waals surface area (Å²) < 4.78 is 2.54. The van der Waals surface area contributed by atoms with Crippen molar-refractivity contribution in [3.05, 3.63) is 112 Å². The Bertz CT molecular complexity index is 1340. The van der Waals surface area contributed by atoms with Gasteiger partial charge < -0.3 is 10.2 Å². The first-order valence-electron chi connectivity index (χ1n) is 11.8. The first kappa shape index (κ1) is 25.4. The van der Waals surface area contributed by atoms with Gasteiger partial charge in [-0.2, -0.15) is 5.10 Å². The summed E-state index contributed by atoms with van der Waals surface area (Å²) in [6, 6.07) is 28.4. The van der Waals surface area contributed by atoms with Crippen LogP contribution in [0.1, 0.15) is 42.4 Å². The minimum absolute atomic E-state index is 0.106. The number of halogens is 1. The third-order valence-electron chi connectivity index (χ3n) is 5.66. The van der Waals surface area contributed by atoms with Gasteiger partial charge in [-0.05, 0) is 35.9 Å². The van der Waals surface area contributed by atoms with E-state index < -0.39 is 0 Å². The fourth-order valence-electron chi connectivity index (χ4n) is 3.77. The molecule has 0 aliphatic rings. The molecule has 184 valence electrons. The molecule has 0 spiro atoms. The highest BCUT2D eigenvalue weighted by Gasteiger charge is 2.24. The second kappa shape index (κ2) is 10.9. The molecule has 0 atom stereocenters. The quantitative estimate of drug-likeness (QED) is 0.300. The average molecular weight is 545 g/mol. The number of benzene rings is 3. The predicted octanol–water partition coefficient (Wildman–Crippen LogP) is 6.21. The smallest absolute Gasteiger partial charge is 0.254 e. The van der Waals surface area contributed by atoms with Crippen LogP contribution in [-0.2, 0) is 16.8 Å². The maximum Gasteiger partial charge on any atom is 0.254 e. The number of carbonyl (C=O) groups excluding carboxylic acids is 2. The molecule has 3 aromatic carbocycles. The van der Waals surface area contributed by atoms with E-state index in [9.17, 15) is 9.59 Å². The summed E-state index contributed by atoms with van der Waals surface area (Å²) >= 11 is 3.43.